The lowest BCUT2D eigenvalue weighted by atomic mass is 10.0. The third-order valence-corrected chi connectivity index (χ3v) is 7.34. The van der Waals surface area contributed by atoms with E-state index in [0.717, 1.165) is 23.1 Å². The maximum absolute atomic E-state index is 13.5. The van der Waals surface area contributed by atoms with E-state index in [4.69, 9.17) is 4.99 Å². The summed E-state index contributed by atoms with van der Waals surface area (Å²) in [5.74, 6) is 0.512. The van der Waals surface area contributed by atoms with Crippen LogP contribution in [0.3, 0.4) is 0 Å². The van der Waals surface area contributed by atoms with Crippen molar-refractivity contribution >= 4 is 15.9 Å². The molecule has 3 aromatic carbocycles. The topological polar surface area (TPSA) is 49.7 Å². The van der Waals surface area contributed by atoms with Gasteiger partial charge in [0.05, 0.1) is 10.9 Å². The molecule has 3 aromatic rings. The zero-order chi connectivity index (χ0) is 21.1. The third kappa shape index (κ3) is 4.03. The van der Waals surface area contributed by atoms with Crippen molar-refractivity contribution < 1.29 is 8.42 Å². The number of aliphatic imine (C=N–C) groups is 1. The van der Waals surface area contributed by atoms with Crippen molar-refractivity contribution in [3.63, 3.8) is 0 Å². The SMILES string of the molecule is CCc1ccc(C2=NC(c3ccccc3)CCN2S(=O)(=O)c2ccc(C)cc2)cc1. The van der Waals surface area contributed by atoms with Gasteiger partial charge in [-0.1, -0.05) is 79.2 Å². The Bertz CT molecular complexity index is 1140. The number of benzene rings is 3. The summed E-state index contributed by atoms with van der Waals surface area (Å²) in [5.41, 5.74) is 4.17. The monoisotopic (exact) mass is 418 g/mol. The number of rotatable bonds is 5. The first-order chi connectivity index (χ1) is 14.5. The summed E-state index contributed by atoms with van der Waals surface area (Å²) in [5, 5.41) is 0. The van der Waals surface area contributed by atoms with Crippen LogP contribution >= 0.6 is 0 Å². The Hall–Kier alpha value is -2.92. The van der Waals surface area contributed by atoms with Crippen LogP contribution in [0.2, 0.25) is 0 Å². The van der Waals surface area contributed by atoms with Crippen molar-refractivity contribution in [3.05, 3.63) is 101 Å². The van der Waals surface area contributed by atoms with Gasteiger partial charge in [0.1, 0.15) is 5.84 Å². The van der Waals surface area contributed by atoms with Gasteiger partial charge in [-0.15, -0.1) is 0 Å². The summed E-state index contributed by atoms with van der Waals surface area (Å²) in [6.07, 6.45) is 1.58. The first-order valence-electron chi connectivity index (χ1n) is 10.3. The number of nitrogens with zero attached hydrogens (tertiary/aromatic N) is 2. The molecule has 1 aliphatic rings. The fourth-order valence-corrected chi connectivity index (χ4v) is 5.18. The van der Waals surface area contributed by atoms with Crippen LogP contribution in [0.5, 0.6) is 0 Å². The second-order valence-electron chi connectivity index (χ2n) is 7.61. The molecule has 0 fully saturated rings. The smallest absolute Gasteiger partial charge is 0.259 e. The Morgan fingerprint density at radius 2 is 1.60 bits per heavy atom. The Kier molecular flexibility index (Phi) is 5.73. The minimum Gasteiger partial charge on any atom is -0.259 e. The van der Waals surface area contributed by atoms with Crippen molar-refractivity contribution in [2.45, 2.75) is 37.6 Å². The summed E-state index contributed by atoms with van der Waals surface area (Å²) in [7, 11) is -3.69. The lowest BCUT2D eigenvalue weighted by Crippen LogP contribution is -2.41. The largest absolute Gasteiger partial charge is 0.265 e. The number of hydrogen-bond acceptors (Lipinski definition) is 3. The summed E-state index contributed by atoms with van der Waals surface area (Å²) in [6.45, 7) is 4.45. The maximum atomic E-state index is 13.5. The molecular formula is C25H26N2O2S. The zero-order valence-electron chi connectivity index (χ0n) is 17.3. The van der Waals surface area contributed by atoms with E-state index in [-0.39, 0.29) is 6.04 Å². The molecule has 0 radical (unpaired) electrons. The van der Waals surface area contributed by atoms with Crippen molar-refractivity contribution in [2.24, 2.45) is 4.99 Å². The molecule has 0 aromatic heterocycles. The van der Waals surface area contributed by atoms with Crippen LogP contribution in [0, 0.1) is 6.92 Å². The molecule has 5 heteroatoms. The second kappa shape index (κ2) is 8.44. The van der Waals surface area contributed by atoms with E-state index in [0.29, 0.717) is 23.7 Å². The Morgan fingerprint density at radius 1 is 0.933 bits per heavy atom. The van der Waals surface area contributed by atoms with E-state index < -0.39 is 10.0 Å². The van der Waals surface area contributed by atoms with E-state index in [1.807, 2.05) is 61.5 Å². The van der Waals surface area contributed by atoms with Gasteiger partial charge < -0.3 is 0 Å². The van der Waals surface area contributed by atoms with Gasteiger partial charge in [0, 0.05) is 12.1 Å². The Morgan fingerprint density at radius 3 is 2.23 bits per heavy atom. The van der Waals surface area contributed by atoms with E-state index in [9.17, 15) is 8.42 Å². The highest BCUT2D eigenvalue weighted by Gasteiger charge is 2.33. The molecule has 30 heavy (non-hydrogen) atoms. The highest BCUT2D eigenvalue weighted by molar-refractivity contribution is 7.89. The standard InChI is InChI=1S/C25H26N2O2S/c1-3-20-11-13-22(14-12-20)25-26-24(21-7-5-4-6-8-21)17-18-27(25)30(28,29)23-15-9-19(2)10-16-23/h4-16,24H,3,17-18H2,1-2H3. The molecule has 4 rings (SSSR count). The molecule has 0 bridgehead atoms. The van der Waals surface area contributed by atoms with Gasteiger partial charge in [-0.05, 0) is 43.0 Å². The Balaban J connectivity index is 1.79. The Labute approximate surface area is 179 Å². The fraction of sp³-hybridized carbons (Fsp3) is 0.240. The minimum absolute atomic E-state index is 0.0588. The van der Waals surface area contributed by atoms with Gasteiger partial charge in [0.25, 0.3) is 10.0 Å². The number of hydrogen-bond donors (Lipinski definition) is 0. The van der Waals surface area contributed by atoms with Crippen LogP contribution < -0.4 is 0 Å². The average Bonchev–Trinajstić information content (AvgIpc) is 2.79. The first kappa shape index (κ1) is 20.4. The van der Waals surface area contributed by atoms with Gasteiger partial charge >= 0.3 is 0 Å². The zero-order valence-corrected chi connectivity index (χ0v) is 18.1. The molecule has 0 amide bonds. The van der Waals surface area contributed by atoms with Gasteiger partial charge in [-0.2, -0.15) is 0 Å². The lowest BCUT2D eigenvalue weighted by molar-refractivity contribution is 0.466. The van der Waals surface area contributed by atoms with Crippen molar-refractivity contribution in [1.29, 1.82) is 0 Å². The molecule has 1 heterocycles. The second-order valence-corrected chi connectivity index (χ2v) is 9.47. The molecule has 4 nitrogen and oxygen atoms in total. The summed E-state index contributed by atoms with van der Waals surface area (Å²) in [4.78, 5) is 5.23. The number of sulfonamides is 1. The number of amidine groups is 1. The van der Waals surface area contributed by atoms with E-state index in [1.165, 1.54) is 9.87 Å². The summed E-state index contributed by atoms with van der Waals surface area (Å²) >= 11 is 0. The van der Waals surface area contributed by atoms with Crippen molar-refractivity contribution in [3.8, 4) is 0 Å². The third-order valence-electron chi connectivity index (χ3n) is 5.53. The van der Waals surface area contributed by atoms with Crippen LogP contribution in [0.1, 0.15) is 41.6 Å². The molecule has 0 aliphatic carbocycles. The molecule has 0 spiro atoms. The molecule has 1 atom stereocenters. The van der Waals surface area contributed by atoms with Crippen LogP contribution in [-0.2, 0) is 16.4 Å². The van der Waals surface area contributed by atoms with Crippen molar-refractivity contribution in [1.82, 2.24) is 4.31 Å². The molecule has 0 N–H and O–H groups in total. The average molecular weight is 419 g/mol. The maximum Gasteiger partial charge on any atom is 0.265 e. The van der Waals surface area contributed by atoms with Gasteiger partial charge in [0.15, 0.2) is 0 Å². The van der Waals surface area contributed by atoms with Gasteiger partial charge in [-0.25, -0.2) is 12.7 Å². The fourth-order valence-electron chi connectivity index (χ4n) is 3.72. The summed E-state index contributed by atoms with van der Waals surface area (Å²) in [6, 6.07) is 25.1. The predicted octanol–water partition coefficient (Wildman–Crippen LogP) is 5.14. The van der Waals surface area contributed by atoms with Gasteiger partial charge in [-0.3, -0.25) is 4.99 Å². The molecule has 154 valence electrons. The number of aryl methyl sites for hydroxylation is 2. The first-order valence-corrected chi connectivity index (χ1v) is 11.7. The minimum atomic E-state index is -3.69. The quantitative estimate of drug-likeness (QED) is 0.576. The lowest BCUT2D eigenvalue weighted by Gasteiger charge is -2.32. The predicted molar refractivity (Wildman–Crippen MR) is 121 cm³/mol. The van der Waals surface area contributed by atoms with Crippen LogP contribution in [0.15, 0.2) is 88.8 Å². The highest BCUT2D eigenvalue weighted by Crippen LogP contribution is 2.31. The summed E-state index contributed by atoms with van der Waals surface area (Å²) < 4.78 is 28.5. The molecular weight excluding hydrogens is 392 g/mol. The van der Waals surface area contributed by atoms with E-state index >= 15 is 0 Å². The van der Waals surface area contributed by atoms with Crippen LogP contribution in [0.4, 0.5) is 0 Å². The molecule has 1 aliphatic heterocycles. The van der Waals surface area contributed by atoms with E-state index in [2.05, 4.69) is 19.1 Å². The highest BCUT2D eigenvalue weighted by atomic mass is 32.2. The molecule has 0 saturated carbocycles. The molecule has 0 saturated heterocycles. The van der Waals surface area contributed by atoms with Gasteiger partial charge in [0.2, 0.25) is 0 Å². The normalized spacial score (nSPS) is 16.9. The molecule has 1 unspecified atom stereocenters. The van der Waals surface area contributed by atoms with E-state index in [1.54, 1.807) is 12.1 Å². The van der Waals surface area contributed by atoms with Crippen LogP contribution in [0.25, 0.3) is 0 Å². The van der Waals surface area contributed by atoms with Crippen LogP contribution in [-0.4, -0.2) is 25.1 Å². The van der Waals surface area contributed by atoms with Crippen molar-refractivity contribution in [2.75, 3.05) is 6.54 Å².